The lowest BCUT2D eigenvalue weighted by atomic mass is 9.81. The molecule has 9 heteroatoms. The van der Waals surface area contributed by atoms with Crippen molar-refractivity contribution in [3.05, 3.63) is 83.4 Å². The normalized spacial score (nSPS) is 18.6. The number of hydrogen-bond acceptors (Lipinski definition) is 5. The molecule has 4 rings (SSSR count). The highest BCUT2D eigenvalue weighted by Crippen LogP contribution is 2.41. The number of alkyl halides is 1. The van der Waals surface area contributed by atoms with Crippen LogP contribution in [0.4, 0.5) is 13.2 Å². The Kier molecular flexibility index (Phi) is 4.73. The molecule has 0 aliphatic carbocycles. The maximum Gasteiger partial charge on any atom is 0.266 e. The molecule has 2 aromatic heterocycles. The first-order valence-electron chi connectivity index (χ1n) is 8.92. The van der Waals surface area contributed by atoms with E-state index in [1.54, 1.807) is 0 Å². The molecule has 1 aliphatic heterocycles. The number of nitrogens with zero attached hydrogens (tertiary/aromatic N) is 4. The van der Waals surface area contributed by atoms with Crippen molar-refractivity contribution in [3.8, 4) is 11.1 Å². The van der Waals surface area contributed by atoms with Gasteiger partial charge in [0.15, 0.2) is 11.5 Å². The van der Waals surface area contributed by atoms with Crippen LogP contribution >= 0.6 is 0 Å². The number of amides is 1. The minimum atomic E-state index is -1.87. The average molecular weight is 411 g/mol. The fourth-order valence-corrected chi connectivity index (χ4v) is 3.49. The summed E-state index contributed by atoms with van der Waals surface area (Å²) in [5, 5.41) is 0. The van der Waals surface area contributed by atoms with Gasteiger partial charge in [-0.3, -0.25) is 19.7 Å². The van der Waals surface area contributed by atoms with E-state index in [0.717, 1.165) is 17.2 Å². The molecule has 0 saturated heterocycles. The predicted octanol–water partition coefficient (Wildman–Crippen LogP) is 2.92. The summed E-state index contributed by atoms with van der Waals surface area (Å²) in [6.07, 6.45) is 3.79. The van der Waals surface area contributed by atoms with Crippen LogP contribution in [-0.4, -0.2) is 33.8 Å². The molecule has 1 amide bonds. The van der Waals surface area contributed by atoms with Crippen LogP contribution in [0.25, 0.3) is 11.1 Å². The van der Waals surface area contributed by atoms with Gasteiger partial charge >= 0.3 is 0 Å². The summed E-state index contributed by atoms with van der Waals surface area (Å²) in [6.45, 7) is -0.870. The molecule has 1 aliphatic rings. The largest absolute Gasteiger partial charge is 0.369 e. The zero-order chi connectivity index (χ0) is 21.5. The van der Waals surface area contributed by atoms with Crippen molar-refractivity contribution in [1.82, 2.24) is 14.9 Å². The van der Waals surface area contributed by atoms with Crippen LogP contribution in [0.15, 0.2) is 60.0 Å². The second kappa shape index (κ2) is 7.25. The van der Waals surface area contributed by atoms with Crippen LogP contribution in [0.2, 0.25) is 0 Å². The molecule has 30 heavy (non-hydrogen) atoms. The molecule has 152 valence electrons. The molecular formula is C21H16F3N5O. The number of pyridine rings is 2. The van der Waals surface area contributed by atoms with Gasteiger partial charge in [0.25, 0.3) is 5.91 Å². The lowest BCUT2D eigenvalue weighted by Crippen LogP contribution is -2.41. The van der Waals surface area contributed by atoms with Crippen LogP contribution in [0.1, 0.15) is 16.8 Å². The van der Waals surface area contributed by atoms with Crippen LogP contribution < -0.4 is 5.73 Å². The number of carbonyl (C=O) groups is 1. The van der Waals surface area contributed by atoms with Gasteiger partial charge in [0.1, 0.15) is 18.3 Å². The topological polar surface area (TPSA) is 84.5 Å². The molecule has 0 spiro atoms. The SMILES string of the molecule is CN1C(=O)C(c2ccnc(CF)c2)(c2cc(-c3cncc(F)c3)ccc2F)N=C1N. The molecule has 6 nitrogen and oxygen atoms in total. The Morgan fingerprint density at radius 2 is 1.90 bits per heavy atom. The van der Waals surface area contributed by atoms with Gasteiger partial charge in [0.05, 0.1) is 11.9 Å². The van der Waals surface area contributed by atoms with Crippen molar-refractivity contribution < 1.29 is 18.0 Å². The second-order valence-corrected chi connectivity index (χ2v) is 6.80. The first-order valence-corrected chi connectivity index (χ1v) is 8.92. The quantitative estimate of drug-likeness (QED) is 0.716. The number of benzene rings is 1. The zero-order valence-corrected chi connectivity index (χ0v) is 15.8. The summed E-state index contributed by atoms with van der Waals surface area (Å²) in [5.74, 6) is -2.00. The van der Waals surface area contributed by atoms with E-state index in [1.165, 1.54) is 49.8 Å². The molecule has 0 bridgehead atoms. The standard InChI is InChI=1S/C21H16F3N5O/c1-29-19(30)21(28-20(29)25,14-4-5-27-16(8-14)9-22)17-7-12(2-3-18(17)24)13-6-15(23)11-26-10-13/h2-8,10-11H,9H2,1H3,(H2,25,28). The zero-order valence-electron chi connectivity index (χ0n) is 15.8. The fraction of sp³-hybridized carbons (Fsp3) is 0.143. The van der Waals surface area contributed by atoms with E-state index in [1.807, 2.05) is 0 Å². The molecule has 1 atom stereocenters. The van der Waals surface area contributed by atoms with E-state index in [4.69, 9.17) is 5.73 Å². The van der Waals surface area contributed by atoms with Crippen molar-refractivity contribution in [1.29, 1.82) is 0 Å². The number of carbonyl (C=O) groups excluding carboxylic acids is 1. The van der Waals surface area contributed by atoms with Gasteiger partial charge in [-0.15, -0.1) is 0 Å². The number of halogens is 3. The summed E-state index contributed by atoms with van der Waals surface area (Å²) in [4.78, 5) is 26.4. The molecule has 2 N–H and O–H groups in total. The monoisotopic (exact) mass is 411 g/mol. The Hall–Kier alpha value is -3.75. The van der Waals surface area contributed by atoms with Gasteiger partial charge in [0.2, 0.25) is 0 Å². The third-order valence-corrected chi connectivity index (χ3v) is 5.01. The van der Waals surface area contributed by atoms with Gasteiger partial charge < -0.3 is 5.73 Å². The smallest absolute Gasteiger partial charge is 0.266 e. The maximum atomic E-state index is 15.1. The van der Waals surface area contributed by atoms with Crippen molar-refractivity contribution in [3.63, 3.8) is 0 Å². The average Bonchev–Trinajstić information content (AvgIpc) is 2.99. The number of rotatable bonds is 4. The maximum absolute atomic E-state index is 15.1. The number of aliphatic imine (C=N–C) groups is 1. The highest BCUT2D eigenvalue weighted by atomic mass is 19.1. The Labute approximate surface area is 169 Å². The van der Waals surface area contributed by atoms with Crippen molar-refractivity contribution in [2.45, 2.75) is 12.2 Å². The summed E-state index contributed by atoms with van der Waals surface area (Å²) >= 11 is 0. The molecule has 0 saturated carbocycles. The minimum Gasteiger partial charge on any atom is -0.369 e. The lowest BCUT2D eigenvalue weighted by Gasteiger charge is -2.27. The van der Waals surface area contributed by atoms with E-state index in [2.05, 4.69) is 15.0 Å². The summed E-state index contributed by atoms with van der Waals surface area (Å²) in [6, 6.07) is 8.05. The number of likely N-dealkylation sites (N-methyl/N-ethyl adjacent to an activating group) is 1. The van der Waals surface area contributed by atoms with Crippen LogP contribution in [-0.2, 0) is 17.0 Å². The van der Waals surface area contributed by atoms with E-state index in [-0.39, 0.29) is 22.8 Å². The summed E-state index contributed by atoms with van der Waals surface area (Å²) in [7, 11) is 1.42. The number of nitrogens with two attached hydrogens (primary N) is 1. The second-order valence-electron chi connectivity index (χ2n) is 6.80. The highest BCUT2D eigenvalue weighted by Gasteiger charge is 2.51. The number of guanidine groups is 1. The van der Waals surface area contributed by atoms with Crippen LogP contribution in [0, 0.1) is 11.6 Å². The molecule has 0 fully saturated rings. The molecule has 3 heterocycles. The fourth-order valence-electron chi connectivity index (χ4n) is 3.49. The van der Waals surface area contributed by atoms with E-state index in [0.29, 0.717) is 11.1 Å². The third-order valence-electron chi connectivity index (χ3n) is 5.01. The van der Waals surface area contributed by atoms with Crippen molar-refractivity contribution in [2.75, 3.05) is 7.05 Å². The number of aromatic nitrogens is 2. The van der Waals surface area contributed by atoms with Crippen LogP contribution in [0.3, 0.4) is 0 Å². The third kappa shape index (κ3) is 2.99. The van der Waals surface area contributed by atoms with Crippen molar-refractivity contribution in [2.24, 2.45) is 10.7 Å². The molecule has 1 unspecified atom stereocenters. The predicted molar refractivity (Wildman–Crippen MR) is 104 cm³/mol. The summed E-state index contributed by atoms with van der Waals surface area (Å²) in [5.41, 5.74) is 5.02. The van der Waals surface area contributed by atoms with E-state index < -0.39 is 29.8 Å². The summed E-state index contributed by atoms with van der Waals surface area (Å²) < 4.78 is 42.0. The van der Waals surface area contributed by atoms with Crippen molar-refractivity contribution >= 4 is 11.9 Å². The Morgan fingerprint density at radius 1 is 1.10 bits per heavy atom. The Balaban J connectivity index is 1.99. The van der Waals surface area contributed by atoms with Gasteiger partial charge in [-0.1, -0.05) is 6.07 Å². The first kappa shape index (κ1) is 19.6. The van der Waals surface area contributed by atoms with Gasteiger partial charge in [-0.25, -0.2) is 18.2 Å². The highest BCUT2D eigenvalue weighted by molar-refractivity contribution is 6.09. The Morgan fingerprint density at radius 3 is 2.57 bits per heavy atom. The molecule has 3 aromatic rings. The molecular weight excluding hydrogens is 395 g/mol. The molecule has 0 radical (unpaired) electrons. The first-order chi connectivity index (χ1) is 14.4. The lowest BCUT2D eigenvalue weighted by molar-refractivity contribution is -0.129. The number of hydrogen-bond donors (Lipinski definition) is 1. The molecule has 1 aromatic carbocycles. The minimum absolute atomic E-state index is 0.0638. The van der Waals surface area contributed by atoms with E-state index >= 15 is 4.39 Å². The van der Waals surface area contributed by atoms with Crippen LogP contribution in [0.5, 0.6) is 0 Å². The Bertz CT molecular complexity index is 1180. The van der Waals surface area contributed by atoms with E-state index in [9.17, 15) is 13.6 Å². The van der Waals surface area contributed by atoms with Gasteiger partial charge in [0, 0.05) is 30.6 Å². The van der Waals surface area contributed by atoms with Gasteiger partial charge in [-0.2, -0.15) is 0 Å². The van der Waals surface area contributed by atoms with Gasteiger partial charge in [-0.05, 0) is 41.5 Å².